The zero-order valence-corrected chi connectivity index (χ0v) is 13.9. The van der Waals surface area contributed by atoms with Gasteiger partial charge < -0.3 is 21.7 Å². The number of carbonyl (C=O) groups excluding carboxylic acids is 2. The summed E-state index contributed by atoms with van der Waals surface area (Å²) >= 11 is 0. The minimum Gasteiger partial charge on any atom is -0.368 e. The molecular formula is C15H17N5O4S. The molecular weight excluding hydrogens is 346 g/mol. The van der Waals surface area contributed by atoms with E-state index in [4.69, 9.17) is 11.5 Å². The molecule has 2 unspecified atom stereocenters. The Balaban J connectivity index is 2.21. The maximum atomic E-state index is 13.3. The summed E-state index contributed by atoms with van der Waals surface area (Å²) in [5.41, 5.74) is 10.9. The maximum Gasteiger partial charge on any atom is 0.315 e. The average molecular weight is 363 g/mol. The maximum absolute atomic E-state index is 13.3. The second kappa shape index (κ2) is 6.30. The zero-order chi connectivity index (χ0) is 18.2. The van der Waals surface area contributed by atoms with Crippen molar-refractivity contribution in [3.8, 4) is 0 Å². The predicted octanol–water partition coefficient (Wildman–Crippen LogP) is -0.828. The molecule has 1 aromatic heterocycles. The highest BCUT2D eigenvalue weighted by Gasteiger charge is 2.46. The van der Waals surface area contributed by atoms with Crippen LogP contribution in [0.25, 0.3) is 10.9 Å². The third-order valence-corrected chi connectivity index (χ3v) is 6.22. The molecule has 0 aliphatic carbocycles. The van der Waals surface area contributed by atoms with Crippen LogP contribution in [0, 0.1) is 0 Å². The Labute approximate surface area is 143 Å². The number of nitrogens with one attached hydrogen (secondary N) is 1. The van der Waals surface area contributed by atoms with Crippen LogP contribution in [0.4, 0.5) is 4.79 Å². The summed E-state index contributed by atoms with van der Waals surface area (Å²) in [5.74, 6) is -0.882. The predicted molar refractivity (Wildman–Crippen MR) is 90.0 cm³/mol. The van der Waals surface area contributed by atoms with E-state index < -0.39 is 33.2 Å². The van der Waals surface area contributed by atoms with Gasteiger partial charge in [0.15, 0.2) is 5.37 Å². The molecule has 132 valence electrons. The molecule has 5 N–H and O–H groups in total. The highest BCUT2D eigenvalue weighted by Crippen LogP contribution is 2.28. The number of hydrogen-bond donors (Lipinski definition) is 3. The molecule has 1 fully saturated rings. The largest absolute Gasteiger partial charge is 0.368 e. The molecule has 0 bridgehead atoms. The number of amides is 3. The average Bonchev–Trinajstić information content (AvgIpc) is 2.60. The van der Waals surface area contributed by atoms with E-state index in [2.05, 4.69) is 10.3 Å². The fraction of sp³-hybridized carbons (Fsp3) is 0.267. The lowest BCUT2D eigenvalue weighted by molar-refractivity contribution is -0.121. The fourth-order valence-electron chi connectivity index (χ4n) is 3.01. The van der Waals surface area contributed by atoms with Crippen molar-refractivity contribution in [2.45, 2.75) is 16.3 Å². The molecule has 2 aromatic rings. The topological polar surface area (TPSA) is 148 Å². The van der Waals surface area contributed by atoms with E-state index in [9.17, 15) is 18.0 Å². The lowest BCUT2D eigenvalue weighted by Crippen LogP contribution is -2.67. The van der Waals surface area contributed by atoms with Crippen molar-refractivity contribution in [3.63, 3.8) is 0 Å². The number of rotatable bonds is 3. The molecule has 9 nitrogen and oxygen atoms in total. The summed E-state index contributed by atoms with van der Waals surface area (Å²) in [5, 5.41) is 1.83. The quantitative estimate of drug-likeness (QED) is 0.648. The first-order chi connectivity index (χ1) is 11.8. The van der Waals surface area contributed by atoms with Gasteiger partial charge in [-0.25, -0.2) is 13.2 Å². The molecule has 1 saturated heterocycles. The summed E-state index contributed by atoms with van der Waals surface area (Å²) < 4.78 is 26.6. The number of benzene rings is 1. The Bertz CT molecular complexity index is 919. The molecule has 1 aliphatic rings. The number of fused-ring (bicyclic) bond motifs is 1. The van der Waals surface area contributed by atoms with E-state index >= 15 is 0 Å². The van der Waals surface area contributed by atoms with E-state index in [1.54, 1.807) is 24.3 Å². The summed E-state index contributed by atoms with van der Waals surface area (Å²) in [6.45, 7) is 0.248. The van der Waals surface area contributed by atoms with Gasteiger partial charge in [0.2, 0.25) is 15.7 Å². The summed E-state index contributed by atoms with van der Waals surface area (Å²) in [7, 11) is -4.18. The normalized spacial score (nSPS) is 21.2. The first-order valence-electron chi connectivity index (χ1n) is 7.50. The Morgan fingerprint density at radius 3 is 2.60 bits per heavy atom. The number of aromatic nitrogens is 1. The number of pyridine rings is 1. The van der Waals surface area contributed by atoms with Crippen LogP contribution in [0.3, 0.4) is 0 Å². The van der Waals surface area contributed by atoms with Gasteiger partial charge in [-0.3, -0.25) is 9.78 Å². The van der Waals surface area contributed by atoms with Gasteiger partial charge in [-0.05, 0) is 12.1 Å². The molecule has 3 amide bonds. The fourth-order valence-corrected chi connectivity index (χ4v) is 5.11. The number of nitrogens with two attached hydrogens (primary N) is 2. The molecule has 0 radical (unpaired) electrons. The van der Waals surface area contributed by atoms with Gasteiger partial charge in [-0.1, -0.05) is 18.2 Å². The first-order valence-corrected chi connectivity index (χ1v) is 9.05. The lowest BCUT2D eigenvalue weighted by Gasteiger charge is -2.38. The van der Waals surface area contributed by atoms with Crippen LogP contribution in [0.5, 0.6) is 0 Å². The molecule has 2 atom stereocenters. The van der Waals surface area contributed by atoms with Crippen molar-refractivity contribution in [2.24, 2.45) is 11.5 Å². The van der Waals surface area contributed by atoms with Crippen LogP contribution in [0.1, 0.15) is 0 Å². The summed E-state index contributed by atoms with van der Waals surface area (Å²) in [6, 6.07) is 5.87. The van der Waals surface area contributed by atoms with E-state index in [1.807, 2.05) is 0 Å². The summed E-state index contributed by atoms with van der Waals surface area (Å²) in [6.07, 6.45) is 1.47. The molecule has 2 heterocycles. The molecule has 1 aromatic carbocycles. The van der Waals surface area contributed by atoms with E-state index in [0.717, 1.165) is 4.90 Å². The number of hydrogen-bond acceptors (Lipinski definition) is 6. The van der Waals surface area contributed by atoms with Crippen molar-refractivity contribution in [2.75, 3.05) is 13.1 Å². The van der Waals surface area contributed by atoms with Gasteiger partial charge in [0.05, 0.1) is 10.4 Å². The van der Waals surface area contributed by atoms with Crippen LogP contribution >= 0.6 is 0 Å². The van der Waals surface area contributed by atoms with Crippen LogP contribution in [-0.2, 0) is 14.6 Å². The number of sulfone groups is 1. The smallest absolute Gasteiger partial charge is 0.315 e. The minimum absolute atomic E-state index is 0.0429. The Morgan fingerprint density at radius 1 is 1.20 bits per heavy atom. The van der Waals surface area contributed by atoms with Gasteiger partial charge in [0.1, 0.15) is 6.04 Å². The van der Waals surface area contributed by atoms with Crippen molar-refractivity contribution >= 4 is 32.7 Å². The number of para-hydroxylation sites is 1. The van der Waals surface area contributed by atoms with Crippen molar-refractivity contribution in [3.05, 3.63) is 36.5 Å². The second-order valence-electron chi connectivity index (χ2n) is 5.63. The van der Waals surface area contributed by atoms with Gasteiger partial charge in [0.25, 0.3) is 0 Å². The lowest BCUT2D eigenvalue weighted by atomic mass is 10.2. The van der Waals surface area contributed by atoms with Crippen molar-refractivity contribution < 1.29 is 18.0 Å². The third kappa shape index (κ3) is 2.89. The SMILES string of the molecule is NC(=O)C1NCCN(C(N)=O)C1S(=O)(=O)c1cccc2cccnc12. The van der Waals surface area contributed by atoms with Gasteiger partial charge in [-0.15, -0.1) is 0 Å². The molecule has 25 heavy (non-hydrogen) atoms. The number of primary amides is 2. The highest BCUT2D eigenvalue weighted by atomic mass is 32.2. The van der Waals surface area contributed by atoms with Crippen molar-refractivity contribution in [1.82, 2.24) is 15.2 Å². The molecule has 0 spiro atoms. The van der Waals surface area contributed by atoms with E-state index in [1.165, 1.54) is 12.3 Å². The van der Waals surface area contributed by atoms with Crippen LogP contribution in [0.2, 0.25) is 0 Å². The molecule has 1 aliphatic heterocycles. The monoisotopic (exact) mass is 363 g/mol. The van der Waals surface area contributed by atoms with Crippen LogP contribution in [0.15, 0.2) is 41.4 Å². The molecule has 10 heteroatoms. The van der Waals surface area contributed by atoms with Crippen LogP contribution < -0.4 is 16.8 Å². The number of carbonyl (C=O) groups is 2. The standard InChI is InChI=1S/C15H17N5O4S/c16-13(21)12-14(20(15(17)22)8-7-19-12)25(23,24)10-5-1-3-9-4-2-6-18-11(9)10/h1-6,12,14,19H,7-8H2,(H2,16,21)(H2,17,22). The minimum atomic E-state index is -4.18. The van der Waals surface area contributed by atoms with Gasteiger partial charge >= 0.3 is 6.03 Å². The van der Waals surface area contributed by atoms with E-state index in [0.29, 0.717) is 5.39 Å². The van der Waals surface area contributed by atoms with E-state index in [-0.39, 0.29) is 23.5 Å². The highest BCUT2D eigenvalue weighted by molar-refractivity contribution is 7.92. The Morgan fingerprint density at radius 2 is 1.92 bits per heavy atom. The number of nitrogens with zero attached hydrogens (tertiary/aromatic N) is 2. The number of piperazine rings is 1. The van der Waals surface area contributed by atoms with Crippen molar-refractivity contribution in [1.29, 1.82) is 0 Å². The second-order valence-corrected chi connectivity index (χ2v) is 7.65. The molecule has 0 saturated carbocycles. The Kier molecular flexibility index (Phi) is 4.31. The third-order valence-electron chi connectivity index (χ3n) is 4.12. The Hall–Kier alpha value is -2.72. The number of urea groups is 1. The van der Waals surface area contributed by atoms with Crippen LogP contribution in [-0.4, -0.2) is 54.7 Å². The zero-order valence-electron chi connectivity index (χ0n) is 13.1. The van der Waals surface area contributed by atoms with Gasteiger partial charge in [-0.2, -0.15) is 0 Å². The first kappa shape index (κ1) is 17.1. The molecule has 3 rings (SSSR count). The summed E-state index contributed by atoms with van der Waals surface area (Å²) in [4.78, 5) is 28.5. The van der Waals surface area contributed by atoms with Gasteiger partial charge in [0, 0.05) is 24.7 Å².